The Morgan fingerprint density at radius 2 is 1.79 bits per heavy atom. The number of aromatic nitrogens is 1. The molecular formula is C19H25NO3Si. The lowest BCUT2D eigenvalue weighted by Gasteiger charge is -2.39. The summed E-state index contributed by atoms with van der Waals surface area (Å²) in [6, 6.07) is 9.68. The van der Waals surface area contributed by atoms with Gasteiger partial charge in [-0.15, -0.1) is 0 Å². The third kappa shape index (κ3) is 3.52. The zero-order valence-electron chi connectivity index (χ0n) is 14.7. The van der Waals surface area contributed by atoms with Crippen molar-refractivity contribution >= 4 is 14.6 Å². The predicted molar refractivity (Wildman–Crippen MR) is 96.5 cm³/mol. The van der Waals surface area contributed by atoms with Gasteiger partial charge in [0.1, 0.15) is 11.3 Å². The molecule has 1 saturated carbocycles. The van der Waals surface area contributed by atoms with Crippen LogP contribution < -0.4 is 0 Å². The molecule has 0 saturated heterocycles. The molecule has 0 unspecified atom stereocenters. The molecule has 1 heterocycles. The van der Waals surface area contributed by atoms with E-state index in [0.717, 1.165) is 37.5 Å². The van der Waals surface area contributed by atoms with Gasteiger partial charge in [-0.25, -0.2) is 4.98 Å². The zero-order valence-corrected chi connectivity index (χ0v) is 15.7. The van der Waals surface area contributed by atoms with Crippen molar-refractivity contribution in [3.8, 4) is 11.3 Å². The first kappa shape index (κ1) is 17.1. The van der Waals surface area contributed by atoms with Crippen molar-refractivity contribution in [2.75, 3.05) is 0 Å². The zero-order chi connectivity index (χ0) is 17.2. The van der Waals surface area contributed by atoms with Gasteiger partial charge in [0.05, 0.1) is 0 Å². The largest absolute Gasteiger partial charge is 0.437 e. The molecule has 0 amide bonds. The van der Waals surface area contributed by atoms with E-state index in [4.69, 9.17) is 8.84 Å². The monoisotopic (exact) mass is 343 g/mol. The van der Waals surface area contributed by atoms with Crippen LogP contribution >= 0.6 is 0 Å². The van der Waals surface area contributed by atoms with Crippen LogP contribution in [0.15, 0.2) is 34.7 Å². The third-order valence-corrected chi connectivity index (χ3v) is 5.36. The Labute approximate surface area is 144 Å². The Hall–Kier alpha value is -1.72. The van der Waals surface area contributed by atoms with E-state index in [0.29, 0.717) is 17.3 Å². The van der Waals surface area contributed by atoms with Crippen molar-refractivity contribution in [2.24, 2.45) is 0 Å². The van der Waals surface area contributed by atoms with Gasteiger partial charge in [-0.2, -0.15) is 0 Å². The van der Waals surface area contributed by atoms with E-state index in [1.54, 1.807) is 0 Å². The lowest BCUT2D eigenvalue weighted by atomic mass is 9.85. The molecule has 0 bridgehead atoms. The molecular weight excluding hydrogens is 318 g/mol. The highest BCUT2D eigenvalue weighted by atomic mass is 28.4. The molecule has 0 spiro atoms. The molecule has 1 aromatic carbocycles. The van der Waals surface area contributed by atoms with Gasteiger partial charge < -0.3 is 8.84 Å². The summed E-state index contributed by atoms with van der Waals surface area (Å²) in [5.74, 6) is 1.12. The van der Waals surface area contributed by atoms with E-state index in [1.165, 1.54) is 6.42 Å². The summed E-state index contributed by atoms with van der Waals surface area (Å²) in [4.78, 5) is 16.1. The lowest BCUT2D eigenvalue weighted by Crippen LogP contribution is -2.42. The van der Waals surface area contributed by atoms with E-state index in [1.807, 2.05) is 30.3 Å². The minimum Gasteiger partial charge on any atom is -0.437 e. The van der Waals surface area contributed by atoms with Crippen molar-refractivity contribution in [1.29, 1.82) is 0 Å². The second kappa shape index (κ2) is 6.65. The van der Waals surface area contributed by atoms with Crippen molar-refractivity contribution < 1.29 is 13.6 Å². The van der Waals surface area contributed by atoms with Crippen LogP contribution in [0.4, 0.5) is 0 Å². The first-order chi connectivity index (χ1) is 11.4. The van der Waals surface area contributed by atoms with Crippen LogP contribution in [0.25, 0.3) is 11.3 Å². The fourth-order valence-electron chi connectivity index (χ4n) is 3.47. The summed E-state index contributed by atoms with van der Waals surface area (Å²) in [5.41, 5.74) is 0.755. The van der Waals surface area contributed by atoms with E-state index < -0.39 is 13.9 Å². The van der Waals surface area contributed by atoms with E-state index in [9.17, 15) is 4.79 Å². The average molecular weight is 343 g/mol. The molecule has 1 aromatic heterocycles. The first-order valence-corrected chi connectivity index (χ1v) is 12.1. The molecule has 0 aliphatic heterocycles. The normalized spacial score (nSPS) is 17.6. The van der Waals surface area contributed by atoms with Gasteiger partial charge in [-0.1, -0.05) is 49.6 Å². The van der Waals surface area contributed by atoms with Crippen LogP contribution in [0, 0.1) is 0 Å². The highest BCUT2D eigenvalue weighted by Crippen LogP contribution is 2.43. The highest BCUT2D eigenvalue weighted by molar-refractivity contribution is 6.69. The molecule has 0 N–H and O–H groups in total. The van der Waals surface area contributed by atoms with Crippen molar-refractivity contribution in [2.45, 2.75) is 57.3 Å². The minimum absolute atomic E-state index is 0.361. The average Bonchev–Trinajstić information content (AvgIpc) is 3.00. The summed E-state index contributed by atoms with van der Waals surface area (Å²) >= 11 is 0. The van der Waals surface area contributed by atoms with E-state index >= 15 is 0 Å². The number of benzene rings is 1. The number of nitrogens with zero attached hydrogens (tertiary/aromatic N) is 1. The summed E-state index contributed by atoms with van der Waals surface area (Å²) < 4.78 is 12.7. The molecule has 5 heteroatoms. The summed E-state index contributed by atoms with van der Waals surface area (Å²) in [5, 5.41) is 0. The topological polar surface area (TPSA) is 52.3 Å². The number of hydrogen-bond donors (Lipinski definition) is 0. The highest BCUT2D eigenvalue weighted by Gasteiger charge is 2.43. The molecule has 1 fully saturated rings. The van der Waals surface area contributed by atoms with Gasteiger partial charge in [-0.05, 0) is 32.5 Å². The van der Waals surface area contributed by atoms with E-state index in [-0.39, 0.29) is 0 Å². The SMILES string of the molecule is C[Si](C)(C)OC1(c2nc(C=O)c(-c3ccccc3)o2)CCCCC1. The standard InChI is InChI=1S/C19H25NO3Si/c1-24(2,3)23-19(12-8-5-9-13-19)18-20-16(14-21)17(22-18)15-10-6-4-7-11-15/h4,6-7,10-11,14H,5,8-9,12-13H2,1-3H3. The fraction of sp³-hybridized carbons (Fsp3) is 0.474. The Morgan fingerprint density at radius 1 is 1.12 bits per heavy atom. The molecule has 2 aromatic rings. The van der Waals surface area contributed by atoms with Crippen LogP contribution in [-0.2, 0) is 10.0 Å². The smallest absolute Gasteiger partial charge is 0.226 e. The first-order valence-electron chi connectivity index (χ1n) is 8.66. The number of hydrogen-bond acceptors (Lipinski definition) is 4. The summed E-state index contributed by atoms with van der Waals surface area (Å²) in [7, 11) is -1.79. The maximum atomic E-state index is 11.5. The van der Waals surface area contributed by atoms with Crippen LogP contribution in [-0.4, -0.2) is 19.6 Å². The van der Waals surface area contributed by atoms with Crippen molar-refractivity contribution in [3.63, 3.8) is 0 Å². The lowest BCUT2D eigenvalue weighted by molar-refractivity contribution is -0.00590. The van der Waals surface area contributed by atoms with Gasteiger partial charge in [-0.3, -0.25) is 4.79 Å². The number of oxazole rings is 1. The predicted octanol–water partition coefficient (Wildman–Crippen LogP) is 5.17. The summed E-state index contributed by atoms with van der Waals surface area (Å²) in [6.07, 6.45) is 6.01. The second-order valence-electron chi connectivity index (χ2n) is 7.49. The minimum atomic E-state index is -1.79. The van der Waals surface area contributed by atoms with Crippen molar-refractivity contribution in [1.82, 2.24) is 4.98 Å². The molecule has 0 atom stereocenters. The van der Waals surface area contributed by atoms with Crippen LogP contribution in [0.1, 0.15) is 48.5 Å². The van der Waals surface area contributed by atoms with Gasteiger partial charge >= 0.3 is 0 Å². The van der Waals surface area contributed by atoms with Gasteiger partial charge in [0.15, 0.2) is 20.4 Å². The molecule has 0 radical (unpaired) electrons. The molecule has 4 nitrogen and oxygen atoms in total. The summed E-state index contributed by atoms with van der Waals surface area (Å²) in [6.45, 7) is 6.56. The Kier molecular flexibility index (Phi) is 4.74. The Morgan fingerprint density at radius 3 is 2.38 bits per heavy atom. The van der Waals surface area contributed by atoms with Crippen LogP contribution in [0.2, 0.25) is 19.6 Å². The van der Waals surface area contributed by atoms with Crippen molar-refractivity contribution in [3.05, 3.63) is 41.9 Å². The number of rotatable bonds is 5. The van der Waals surface area contributed by atoms with E-state index in [2.05, 4.69) is 24.6 Å². The maximum absolute atomic E-state index is 11.5. The van der Waals surface area contributed by atoms with Crippen LogP contribution in [0.5, 0.6) is 0 Å². The van der Waals surface area contributed by atoms with Crippen LogP contribution in [0.3, 0.4) is 0 Å². The molecule has 1 aliphatic carbocycles. The number of aldehydes is 1. The Bertz CT molecular complexity index is 697. The number of carbonyl (C=O) groups is 1. The quantitative estimate of drug-likeness (QED) is 0.555. The second-order valence-corrected chi connectivity index (χ2v) is 11.9. The fourth-order valence-corrected chi connectivity index (χ4v) is 4.94. The molecule has 3 rings (SSSR count). The number of carbonyl (C=O) groups excluding carboxylic acids is 1. The third-order valence-electron chi connectivity index (χ3n) is 4.35. The van der Waals surface area contributed by atoms with Gasteiger partial charge in [0, 0.05) is 5.56 Å². The molecule has 24 heavy (non-hydrogen) atoms. The van der Waals surface area contributed by atoms with Gasteiger partial charge in [0.2, 0.25) is 5.89 Å². The molecule has 128 valence electrons. The maximum Gasteiger partial charge on any atom is 0.226 e. The molecule has 1 aliphatic rings. The Balaban J connectivity index is 2.06. The van der Waals surface area contributed by atoms with Gasteiger partial charge in [0.25, 0.3) is 0 Å².